The molecule has 1 aromatic carbocycles. The molecule has 0 radical (unpaired) electrons. The summed E-state index contributed by atoms with van der Waals surface area (Å²) in [6, 6.07) is 7.66. The zero-order valence-electron chi connectivity index (χ0n) is 13.4. The second kappa shape index (κ2) is 8.38. The number of benzene rings is 1. The van der Waals surface area contributed by atoms with Crippen molar-refractivity contribution in [3.63, 3.8) is 0 Å². The highest BCUT2D eigenvalue weighted by Crippen LogP contribution is 2.50. The lowest BCUT2D eigenvalue weighted by molar-refractivity contribution is 0.144. The molecule has 0 aliphatic heterocycles. The summed E-state index contributed by atoms with van der Waals surface area (Å²) in [5, 5.41) is 0. The van der Waals surface area contributed by atoms with Gasteiger partial charge in [0.15, 0.2) is 0 Å². The van der Waals surface area contributed by atoms with Crippen LogP contribution in [0, 0.1) is 0 Å². The summed E-state index contributed by atoms with van der Waals surface area (Å²) < 4.78 is 28.8. The lowest BCUT2D eigenvalue weighted by atomic mass is 10.2. The fourth-order valence-corrected chi connectivity index (χ4v) is 3.69. The molecule has 0 bridgehead atoms. The summed E-state index contributed by atoms with van der Waals surface area (Å²) in [4.78, 5) is 0. The van der Waals surface area contributed by atoms with Gasteiger partial charge in [0.25, 0.3) is 0 Å². The topological polar surface area (TPSA) is 44.8 Å². The molecule has 0 amide bonds. The number of rotatable bonds is 8. The molecular formula is C16H25O4P. The second-order valence-electron chi connectivity index (χ2n) is 5.28. The van der Waals surface area contributed by atoms with Gasteiger partial charge in [-0.05, 0) is 45.4 Å². The standard InChI is InChI=1S/C16H25O4P/c1-13(2)19-21(17,20-14(3)4)11-7-9-15-8-6-10-16(12-15)18-5/h6-10,12-14H,11H2,1-5H3/b9-7+. The Morgan fingerprint density at radius 1 is 1.14 bits per heavy atom. The van der Waals surface area contributed by atoms with Gasteiger partial charge in [0.1, 0.15) is 5.75 Å². The molecule has 0 saturated carbocycles. The van der Waals surface area contributed by atoms with Crippen molar-refractivity contribution in [3.8, 4) is 5.75 Å². The highest BCUT2D eigenvalue weighted by atomic mass is 31.2. The van der Waals surface area contributed by atoms with Crippen LogP contribution in [-0.4, -0.2) is 25.5 Å². The van der Waals surface area contributed by atoms with E-state index in [1.165, 1.54) is 0 Å². The van der Waals surface area contributed by atoms with Gasteiger partial charge in [0.2, 0.25) is 0 Å². The van der Waals surface area contributed by atoms with Gasteiger partial charge in [-0.3, -0.25) is 4.57 Å². The Kier molecular flexibility index (Phi) is 7.16. The molecule has 0 heterocycles. The monoisotopic (exact) mass is 312 g/mol. The summed E-state index contributed by atoms with van der Waals surface area (Å²) in [6.07, 6.45) is 3.68. The molecule has 1 rings (SSSR count). The van der Waals surface area contributed by atoms with E-state index in [2.05, 4.69) is 0 Å². The first-order chi connectivity index (χ1) is 9.84. The molecule has 5 heteroatoms. The maximum Gasteiger partial charge on any atom is 0.334 e. The van der Waals surface area contributed by atoms with E-state index < -0.39 is 7.60 Å². The summed E-state index contributed by atoms with van der Waals surface area (Å²) in [5.41, 5.74) is 0.981. The third-order valence-electron chi connectivity index (χ3n) is 2.48. The van der Waals surface area contributed by atoms with Crippen LogP contribution in [0.15, 0.2) is 30.3 Å². The van der Waals surface area contributed by atoms with Crippen molar-refractivity contribution in [1.29, 1.82) is 0 Å². The minimum absolute atomic E-state index is 0.139. The van der Waals surface area contributed by atoms with Crippen LogP contribution >= 0.6 is 7.60 Å². The average molecular weight is 312 g/mol. The molecule has 0 saturated heterocycles. The molecule has 118 valence electrons. The van der Waals surface area contributed by atoms with E-state index >= 15 is 0 Å². The zero-order valence-corrected chi connectivity index (χ0v) is 14.3. The summed E-state index contributed by atoms with van der Waals surface area (Å²) >= 11 is 0. The first kappa shape index (κ1) is 18.0. The molecule has 0 aliphatic carbocycles. The van der Waals surface area contributed by atoms with Gasteiger partial charge < -0.3 is 13.8 Å². The van der Waals surface area contributed by atoms with E-state index in [1.54, 1.807) is 7.11 Å². The highest BCUT2D eigenvalue weighted by Gasteiger charge is 2.25. The summed E-state index contributed by atoms with van der Waals surface area (Å²) in [7, 11) is -1.48. The number of hydrogen-bond donors (Lipinski definition) is 0. The summed E-state index contributed by atoms with van der Waals surface area (Å²) in [6.45, 7) is 7.40. The molecule has 0 atom stereocenters. The minimum atomic E-state index is -3.11. The van der Waals surface area contributed by atoms with Crippen LogP contribution in [0.1, 0.15) is 33.3 Å². The van der Waals surface area contributed by atoms with Crippen LogP contribution in [-0.2, 0) is 13.6 Å². The van der Waals surface area contributed by atoms with Crippen molar-refractivity contribution in [1.82, 2.24) is 0 Å². The van der Waals surface area contributed by atoms with Crippen molar-refractivity contribution < 1.29 is 18.3 Å². The third-order valence-corrected chi connectivity index (χ3v) is 4.62. The van der Waals surface area contributed by atoms with E-state index in [4.69, 9.17) is 13.8 Å². The van der Waals surface area contributed by atoms with E-state index in [0.29, 0.717) is 0 Å². The van der Waals surface area contributed by atoms with Crippen molar-refractivity contribution in [3.05, 3.63) is 35.9 Å². The van der Waals surface area contributed by atoms with E-state index in [9.17, 15) is 4.57 Å². The Balaban J connectivity index is 2.75. The molecule has 21 heavy (non-hydrogen) atoms. The Labute approximate surface area is 127 Å². The average Bonchev–Trinajstić information content (AvgIpc) is 2.36. The molecule has 0 N–H and O–H groups in total. The lowest BCUT2D eigenvalue weighted by Crippen LogP contribution is -2.09. The molecule has 0 aromatic heterocycles. The Bertz CT molecular complexity index is 495. The quantitative estimate of drug-likeness (QED) is 0.650. The van der Waals surface area contributed by atoms with Gasteiger partial charge >= 0.3 is 7.60 Å². The fourth-order valence-electron chi connectivity index (χ4n) is 1.82. The van der Waals surface area contributed by atoms with Crippen molar-refractivity contribution in [2.45, 2.75) is 39.9 Å². The minimum Gasteiger partial charge on any atom is -0.497 e. The number of hydrogen-bond acceptors (Lipinski definition) is 4. The number of methoxy groups -OCH3 is 1. The second-order valence-corrected chi connectivity index (χ2v) is 7.29. The number of ether oxygens (including phenoxy) is 1. The van der Waals surface area contributed by atoms with Gasteiger partial charge in [-0.15, -0.1) is 0 Å². The van der Waals surface area contributed by atoms with E-state index in [1.807, 2.05) is 64.1 Å². The largest absolute Gasteiger partial charge is 0.497 e. The number of allylic oxidation sites excluding steroid dienone is 1. The summed E-state index contributed by atoms with van der Waals surface area (Å²) in [5.74, 6) is 0.789. The van der Waals surface area contributed by atoms with E-state index in [-0.39, 0.29) is 18.4 Å². The Morgan fingerprint density at radius 2 is 1.76 bits per heavy atom. The van der Waals surface area contributed by atoms with Gasteiger partial charge in [-0.1, -0.05) is 24.3 Å². The van der Waals surface area contributed by atoms with Crippen LogP contribution in [0.5, 0.6) is 5.75 Å². The Morgan fingerprint density at radius 3 is 2.29 bits per heavy atom. The molecule has 0 fully saturated rings. The van der Waals surface area contributed by atoms with Crippen LogP contribution in [0.3, 0.4) is 0 Å². The van der Waals surface area contributed by atoms with Crippen LogP contribution in [0.25, 0.3) is 6.08 Å². The highest BCUT2D eigenvalue weighted by molar-refractivity contribution is 7.54. The van der Waals surface area contributed by atoms with Crippen LogP contribution in [0.2, 0.25) is 0 Å². The lowest BCUT2D eigenvalue weighted by Gasteiger charge is -2.21. The molecule has 1 aromatic rings. The van der Waals surface area contributed by atoms with Crippen molar-refractivity contribution in [2.75, 3.05) is 13.3 Å². The predicted octanol–water partition coefficient (Wildman–Crippen LogP) is 4.75. The van der Waals surface area contributed by atoms with Gasteiger partial charge in [0, 0.05) is 0 Å². The normalized spacial score (nSPS) is 12.5. The molecule has 0 spiro atoms. The Hall–Kier alpha value is -1.09. The smallest absolute Gasteiger partial charge is 0.334 e. The molecule has 4 nitrogen and oxygen atoms in total. The van der Waals surface area contributed by atoms with Gasteiger partial charge in [-0.25, -0.2) is 0 Å². The van der Waals surface area contributed by atoms with E-state index in [0.717, 1.165) is 11.3 Å². The third kappa shape index (κ3) is 6.94. The maximum atomic E-state index is 12.6. The van der Waals surface area contributed by atoms with Gasteiger partial charge in [0.05, 0.1) is 25.5 Å². The van der Waals surface area contributed by atoms with Crippen LogP contribution in [0.4, 0.5) is 0 Å². The zero-order chi connectivity index (χ0) is 15.9. The van der Waals surface area contributed by atoms with Gasteiger partial charge in [-0.2, -0.15) is 0 Å². The van der Waals surface area contributed by atoms with Crippen molar-refractivity contribution in [2.24, 2.45) is 0 Å². The van der Waals surface area contributed by atoms with Crippen molar-refractivity contribution >= 4 is 13.7 Å². The SMILES string of the molecule is COc1cccc(/C=C/CP(=O)(OC(C)C)OC(C)C)c1. The first-order valence-corrected chi connectivity index (χ1v) is 8.84. The molecular weight excluding hydrogens is 287 g/mol. The molecule has 0 unspecified atom stereocenters. The fraction of sp³-hybridized carbons (Fsp3) is 0.500. The maximum absolute atomic E-state index is 12.6. The molecule has 0 aliphatic rings. The first-order valence-electron chi connectivity index (χ1n) is 7.11. The van der Waals surface area contributed by atoms with Crippen LogP contribution < -0.4 is 4.74 Å². The predicted molar refractivity (Wildman–Crippen MR) is 86.9 cm³/mol.